The van der Waals surface area contributed by atoms with Crippen molar-refractivity contribution in [2.45, 2.75) is 115 Å². The van der Waals surface area contributed by atoms with Crippen molar-refractivity contribution in [3.05, 3.63) is 211 Å². The lowest BCUT2D eigenvalue weighted by Gasteiger charge is -2.22. The summed E-state index contributed by atoms with van der Waals surface area (Å²) in [5, 5.41) is 22.3. The van der Waals surface area contributed by atoms with E-state index >= 15 is 0 Å². The van der Waals surface area contributed by atoms with Crippen LogP contribution in [0.2, 0.25) is 30.1 Å². The molecule has 0 radical (unpaired) electrons. The predicted octanol–water partition coefficient (Wildman–Crippen LogP) is 25.0. The van der Waals surface area contributed by atoms with Crippen LogP contribution in [-0.2, 0) is 0 Å². The average Bonchev–Trinajstić information content (AvgIpc) is 0.833. The van der Waals surface area contributed by atoms with Gasteiger partial charge in [0.2, 0.25) is 0 Å². The number of benzene rings is 6. The molecule has 6 aromatic carbocycles. The minimum Gasteiger partial charge on any atom is -0.497 e. The largest absolute Gasteiger partial charge is 0.497 e. The highest BCUT2D eigenvalue weighted by atomic mass is 35.5. The molecule has 0 fully saturated rings. The van der Waals surface area contributed by atoms with E-state index in [0.29, 0.717) is 141 Å². The molecule has 6 N–H and O–H groups in total. The van der Waals surface area contributed by atoms with Gasteiger partial charge in [0.25, 0.3) is 0 Å². The van der Waals surface area contributed by atoms with Crippen LogP contribution >= 0.6 is 107 Å². The Morgan fingerprint density at radius 2 is 0.511 bits per heavy atom. The number of halogens is 9. The molecule has 30 nitrogen and oxygen atoms in total. The van der Waals surface area contributed by atoms with E-state index in [1.807, 2.05) is 269 Å². The third kappa shape index (κ3) is 33.9. The van der Waals surface area contributed by atoms with Crippen LogP contribution in [0.15, 0.2) is 146 Å². The Morgan fingerprint density at radius 1 is 0.289 bits per heavy atom. The maximum absolute atomic E-state index is 6.55. The van der Waals surface area contributed by atoms with Crippen molar-refractivity contribution >= 4 is 216 Å². The van der Waals surface area contributed by atoms with Crippen LogP contribution in [0.1, 0.15) is 103 Å². The number of hydrogen-bond donors (Lipinski definition) is 6. The van der Waals surface area contributed by atoms with Gasteiger partial charge in [0.15, 0.2) is 69.8 Å². The molecule has 12 rings (SSSR count). The van der Waals surface area contributed by atoms with Crippen LogP contribution in [0.25, 0.3) is 0 Å². The average molecular weight is 2030 g/mol. The number of nitrogens with zero attached hydrogens (tertiary/aromatic N) is 19. The molecule has 0 atom stereocenters. The van der Waals surface area contributed by atoms with E-state index in [1.165, 1.54) is 0 Å². The van der Waals surface area contributed by atoms with Crippen LogP contribution < -0.4 is 89.9 Å². The van der Waals surface area contributed by atoms with Crippen molar-refractivity contribution in [2.24, 2.45) is 5.92 Å². The number of ether oxygens (including phenoxy) is 5. The molecular formula is C96H130Cl9N25O5. The monoisotopic (exact) mass is 2030 g/mol. The number of nitrogens with one attached hydrogen (secondary N) is 6. The van der Waals surface area contributed by atoms with Crippen molar-refractivity contribution in [3.8, 4) is 28.7 Å². The van der Waals surface area contributed by atoms with Crippen LogP contribution in [0, 0.1) is 47.5 Å². The molecule has 0 unspecified atom stereocenters. The highest BCUT2D eigenvalue weighted by Gasteiger charge is 2.24. The number of methoxy groups -OCH3 is 5. The summed E-state index contributed by atoms with van der Waals surface area (Å²) >= 11 is 38.7. The first-order chi connectivity index (χ1) is 63.0. The second-order valence-corrected chi connectivity index (χ2v) is 33.1. The number of hydrogen-bond acceptors (Lipinski definition) is 30. The standard InChI is InChI=1S/C18H26ClN5.C17H23ClN4O.2C16H21ClN4O.C15H19ClN4O.C14H17ClN4O.3ClH/c1-12(2)11-20-17-16(19)18(22-13(3)21-17)24(6)15-9-7-14(8-10-15)23(4)5;1-5-6-11-19-16-15(18)17(21-12(2)20-16)22(3)13-7-9-14(23-4)10-8-13;1-10(2)18-15-14(17)16(20-11(3)19-15)21(4)12-6-8-13(22-5)9-7-12;1-5-10-18-15-14(17)16(20-11(2)19-15)21(3)12-6-8-13(22-4)9-7-12;1-5-17-14-13(16)15(19-10(2)18-14)20(3)11-6-8-12(21-4)9-7-11;1-9-17-13(16-2)12(15)14(18-9)19(3)10-5-7-11(20-4)8-6-10;;;/h7-10,12H,11H2,1-6H3,(H,20,21,22);7-10H,5-6,11H2,1-4H3,(H,19,20,21);6-10H,1-5H3,(H,18,19,20);6-9H,5,10H2,1-4H3,(H,18,19,20);6-9H,5H2,1-4H3,(H,17,18,19);5-8H,1-4H3,(H,16,17,18);3*1H. The van der Waals surface area contributed by atoms with Crippen molar-refractivity contribution in [1.82, 2.24) is 59.8 Å². The number of rotatable bonds is 33. The summed E-state index contributed by atoms with van der Waals surface area (Å²) in [7, 11) is 25.6. The van der Waals surface area contributed by atoms with Gasteiger partial charge in [0.1, 0.15) is 93.8 Å². The van der Waals surface area contributed by atoms with Gasteiger partial charge >= 0.3 is 0 Å². The van der Waals surface area contributed by atoms with Crippen LogP contribution in [0.3, 0.4) is 0 Å². The second kappa shape index (κ2) is 57.6. The van der Waals surface area contributed by atoms with Gasteiger partial charge in [-0.25, -0.2) is 59.8 Å². The molecule has 12 aromatic rings. The zero-order chi connectivity index (χ0) is 97.2. The third-order valence-corrected chi connectivity index (χ3v) is 21.8. The summed E-state index contributed by atoms with van der Waals surface area (Å²) in [5.74, 6) is 16.7. The van der Waals surface area contributed by atoms with E-state index in [-0.39, 0.29) is 43.3 Å². The molecule has 0 spiro atoms. The first-order valence-electron chi connectivity index (χ1n) is 43.0. The summed E-state index contributed by atoms with van der Waals surface area (Å²) in [6.07, 6.45) is 3.19. The van der Waals surface area contributed by atoms with Crippen molar-refractivity contribution in [2.75, 3.05) is 191 Å². The highest BCUT2D eigenvalue weighted by Crippen LogP contribution is 2.41. The normalized spacial score (nSPS) is 10.3. The van der Waals surface area contributed by atoms with Gasteiger partial charge in [-0.1, -0.05) is 104 Å². The number of unbranched alkanes of at least 4 members (excludes halogenated alkanes) is 1. The van der Waals surface area contributed by atoms with Gasteiger partial charge in [0.05, 0.1) is 35.5 Å². The Bertz CT molecular complexity index is 5600. The summed E-state index contributed by atoms with van der Waals surface area (Å²) in [6, 6.07) is 47.2. The Hall–Kier alpha value is -11.2. The van der Waals surface area contributed by atoms with Gasteiger partial charge in [-0.2, -0.15) is 0 Å². The molecule has 135 heavy (non-hydrogen) atoms. The second-order valence-electron chi connectivity index (χ2n) is 30.9. The molecule has 0 saturated heterocycles. The van der Waals surface area contributed by atoms with Crippen molar-refractivity contribution in [1.29, 1.82) is 0 Å². The maximum atomic E-state index is 6.55. The lowest BCUT2D eigenvalue weighted by Crippen LogP contribution is -2.17. The van der Waals surface area contributed by atoms with E-state index in [9.17, 15) is 0 Å². The maximum Gasteiger partial charge on any atom is 0.157 e. The SMILES string of the molecule is CCCCNc1nc(C)nc(N(C)c2ccc(OC)cc2)c1Cl.CCCNc1nc(C)nc(N(C)c2ccc(OC)cc2)c1Cl.CCNc1nc(C)nc(N(C)c2ccc(OC)cc2)c1Cl.CNc1nc(C)nc(N(C)c2ccc(OC)cc2)c1Cl.COc1ccc(N(C)c2nc(C)nc(NC(C)C)c2Cl)cc1.Cc1nc(NCC(C)C)c(Cl)c(N(C)c2ccc(N(C)C)cc2)n1.Cl.Cl.Cl. The quantitative estimate of drug-likeness (QED) is 0.0208. The Kier molecular flexibility index (Phi) is 49.6. The fraction of sp³-hybridized carbons (Fsp3) is 0.375. The molecular weight excluding hydrogens is 1900 g/mol. The zero-order valence-electron chi connectivity index (χ0n) is 82.0. The van der Waals surface area contributed by atoms with Crippen LogP contribution in [0.5, 0.6) is 28.7 Å². The smallest absolute Gasteiger partial charge is 0.157 e. The van der Waals surface area contributed by atoms with Crippen LogP contribution in [-0.4, -0.2) is 191 Å². The lowest BCUT2D eigenvalue weighted by molar-refractivity contribution is 0.414. The molecule has 0 aliphatic rings. The lowest BCUT2D eigenvalue weighted by atomic mass is 10.2. The van der Waals surface area contributed by atoms with Crippen LogP contribution in [0.4, 0.5) is 110 Å². The van der Waals surface area contributed by atoms with E-state index in [4.69, 9.17) is 93.3 Å². The minimum atomic E-state index is 0. The van der Waals surface area contributed by atoms with E-state index < -0.39 is 0 Å². The Balaban J connectivity index is 0.000000337. The fourth-order valence-corrected chi connectivity index (χ4v) is 14.1. The molecule has 0 bridgehead atoms. The highest BCUT2D eigenvalue weighted by molar-refractivity contribution is 6.37. The minimum absolute atomic E-state index is 0. The van der Waals surface area contributed by atoms with Gasteiger partial charge in [0, 0.05) is 135 Å². The summed E-state index contributed by atoms with van der Waals surface area (Å²) in [4.78, 5) is 66.7. The molecule has 6 heterocycles. The van der Waals surface area contributed by atoms with Gasteiger partial charge in [-0.05, 0) is 227 Å². The zero-order valence-corrected chi connectivity index (χ0v) is 89.0. The number of aromatic nitrogens is 12. The first-order valence-corrected chi connectivity index (χ1v) is 45.3. The number of aryl methyl sites for hydroxylation is 6. The Morgan fingerprint density at radius 3 is 0.741 bits per heavy atom. The van der Waals surface area contributed by atoms with Gasteiger partial charge in [-0.15, -0.1) is 37.2 Å². The summed E-state index contributed by atoms with van der Waals surface area (Å²) in [5.41, 5.74) is 7.03. The summed E-state index contributed by atoms with van der Waals surface area (Å²) in [6.45, 7) is 29.0. The third-order valence-electron chi connectivity index (χ3n) is 19.7. The van der Waals surface area contributed by atoms with E-state index in [0.717, 1.165) is 114 Å². The van der Waals surface area contributed by atoms with E-state index in [1.54, 1.807) is 42.6 Å². The molecule has 6 aromatic heterocycles. The molecule has 0 saturated carbocycles. The molecule has 39 heteroatoms. The first kappa shape index (κ1) is 116. The molecule has 0 aliphatic heterocycles. The van der Waals surface area contributed by atoms with Gasteiger partial charge < -0.3 is 89.9 Å². The molecule has 0 aliphatic carbocycles. The van der Waals surface area contributed by atoms with Crippen molar-refractivity contribution in [3.63, 3.8) is 0 Å². The summed E-state index contributed by atoms with van der Waals surface area (Å²) < 4.78 is 25.9. The van der Waals surface area contributed by atoms with E-state index in [2.05, 4.69) is 149 Å². The topological polar surface area (TPSA) is 296 Å². The fourth-order valence-electron chi connectivity index (χ4n) is 12.4. The molecule has 0 amide bonds. The number of anilines is 19. The Labute approximate surface area is 845 Å². The van der Waals surface area contributed by atoms with Crippen molar-refractivity contribution < 1.29 is 23.7 Å². The predicted molar refractivity (Wildman–Crippen MR) is 575 cm³/mol. The van der Waals surface area contributed by atoms with Gasteiger partial charge in [-0.3, -0.25) is 0 Å². The molecule has 732 valence electrons.